The summed E-state index contributed by atoms with van der Waals surface area (Å²) in [6, 6.07) is 11.6. The normalized spacial score (nSPS) is 13.9. The molecule has 1 aromatic carbocycles. The molecule has 18 heavy (non-hydrogen) atoms. The third kappa shape index (κ3) is 3.53. The van der Waals surface area contributed by atoms with Gasteiger partial charge in [0.25, 0.3) is 0 Å². The molecule has 0 bridgehead atoms. The molecule has 1 aromatic heterocycles. The summed E-state index contributed by atoms with van der Waals surface area (Å²) in [5.74, 6) is 0.539. The van der Waals surface area contributed by atoms with Gasteiger partial charge in [0.05, 0.1) is 12.1 Å². The molecule has 4 heteroatoms. The molecule has 0 saturated heterocycles. The summed E-state index contributed by atoms with van der Waals surface area (Å²) in [7, 11) is 0. The largest absolute Gasteiger partial charge is 0.391 e. The van der Waals surface area contributed by atoms with Gasteiger partial charge in [-0.05, 0) is 18.6 Å². The molecule has 0 spiro atoms. The fourth-order valence-electron chi connectivity index (χ4n) is 1.71. The number of anilines is 1. The van der Waals surface area contributed by atoms with Crippen molar-refractivity contribution >= 4 is 5.95 Å². The quantitative estimate of drug-likeness (QED) is 0.842. The first kappa shape index (κ1) is 12.5. The third-order valence-electron chi connectivity index (χ3n) is 2.79. The van der Waals surface area contributed by atoms with Crippen LogP contribution in [0.2, 0.25) is 0 Å². The van der Waals surface area contributed by atoms with Gasteiger partial charge in [0.15, 0.2) is 0 Å². The highest BCUT2D eigenvalue weighted by molar-refractivity contribution is 5.25. The topological polar surface area (TPSA) is 58.0 Å². The molecule has 0 aliphatic rings. The van der Waals surface area contributed by atoms with Crippen molar-refractivity contribution in [2.45, 2.75) is 25.5 Å². The van der Waals surface area contributed by atoms with E-state index in [0.29, 0.717) is 12.4 Å². The number of aromatic nitrogens is 2. The maximum Gasteiger partial charge on any atom is 0.222 e. The van der Waals surface area contributed by atoms with E-state index in [4.69, 9.17) is 0 Å². The first-order chi connectivity index (χ1) is 8.75. The molecule has 0 amide bonds. The molecule has 2 unspecified atom stereocenters. The molecule has 2 N–H and O–H groups in total. The first-order valence-electron chi connectivity index (χ1n) is 6.01. The Hall–Kier alpha value is -1.94. The van der Waals surface area contributed by atoms with Crippen LogP contribution in [-0.4, -0.2) is 27.2 Å². The first-order valence-corrected chi connectivity index (χ1v) is 6.01. The van der Waals surface area contributed by atoms with Gasteiger partial charge in [0, 0.05) is 18.8 Å². The van der Waals surface area contributed by atoms with Gasteiger partial charge in [-0.2, -0.15) is 0 Å². The molecular weight excluding hydrogens is 226 g/mol. The highest BCUT2D eigenvalue weighted by atomic mass is 16.3. The Morgan fingerprint density at radius 1 is 1.11 bits per heavy atom. The van der Waals surface area contributed by atoms with Gasteiger partial charge in [-0.3, -0.25) is 0 Å². The fraction of sp³-hybridized carbons (Fsp3) is 0.286. The highest BCUT2D eigenvalue weighted by Gasteiger charge is 2.15. The summed E-state index contributed by atoms with van der Waals surface area (Å²) in [5, 5.41) is 13.2. The van der Waals surface area contributed by atoms with Crippen molar-refractivity contribution in [1.82, 2.24) is 9.97 Å². The van der Waals surface area contributed by atoms with E-state index in [0.717, 1.165) is 5.56 Å². The molecule has 4 nitrogen and oxygen atoms in total. The Balaban J connectivity index is 1.91. The minimum Gasteiger partial charge on any atom is -0.391 e. The zero-order valence-electron chi connectivity index (χ0n) is 10.3. The average Bonchev–Trinajstić information content (AvgIpc) is 2.41. The second kappa shape index (κ2) is 6.12. The smallest absolute Gasteiger partial charge is 0.222 e. The summed E-state index contributed by atoms with van der Waals surface area (Å²) >= 11 is 0. The molecular formula is C14H17N3O. The number of nitrogens with zero attached hydrogens (tertiary/aromatic N) is 2. The number of aliphatic hydroxyl groups is 1. The second-order valence-corrected chi connectivity index (χ2v) is 4.26. The van der Waals surface area contributed by atoms with Crippen molar-refractivity contribution in [3.63, 3.8) is 0 Å². The Kier molecular flexibility index (Phi) is 4.25. The van der Waals surface area contributed by atoms with Crippen molar-refractivity contribution in [3.8, 4) is 0 Å². The lowest BCUT2D eigenvalue weighted by Gasteiger charge is -2.20. The summed E-state index contributed by atoms with van der Waals surface area (Å²) in [6.45, 7) is 1.92. The van der Waals surface area contributed by atoms with Crippen molar-refractivity contribution < 1.29 is 5.11 Å². The van der Waals surface area contributed by atoms with Crippen LogP contribution in [-0.2, 0) is 6.42 Å². The van der Waals surface area contributed by atoms with Gasteiger partial charge in [0.1, 0.15) is 0 Å². The Bertz CT molecular complexity index is 415. The average molecular weight is 243 g/mol. The molecule has 2 aromatic rings. The van der Waals surface area contributed by atoms with E-state index in [9.17, 15) is 5.11 Å². The maximum atomic E-state index is 10.1. The summed E-state index contributed by atoms with van der Waals surface area (Å²) in [6.07, 6.45) is 3.48. The lowest BCUT2D eigenvalue weighted by molar-refractivity contribution is 0.158. The monoisotopic (exact) mass is 243 g/mol. The Morgan fingerprint density at radius 3 is 2.44 bits per heavy atom. The van der Waals surface area contributed by atoms with Gasteiger partial charge in [0.2, 0.25) is 5.95 Å². The van der Waals surface area contributed by atoms with Crippen LogP contribution in [0.1, 0.15) is 12.5 Å². The van der Waals surface area contributed by atoms with E-state index in [2.05, 4.69) is 15.3 Å². The predicted octanol–water partition coefficient (Wildman–Crippen LogP) is 1.88. The SMILES string of the molecule is CC(Nc1ncccn1)C(O)Cc1ccccc1. The Labute approximate surface area is 107 Å². The number of hydrogen-bond acceptors (Lipinski definition) is 4. The van der Waals surface area contributed by atoms with Crippen molar-refractivity contribution in [2.24, 2.45) is 0 Å². The van der Waals surface area contributed by atoms with Crippen LogP contribution < -0.4 is 5.32 Å². The summed E-state index contributed by atoms with van der Waals surface area (Å²) in [4.78, 5) is 8.15. The van der Waals surface area contributed by atoms with E-state index < -0.39 is 6.10 Å². The van der Waals surface area contributed by atoms with E-state index >= 15 is 0 Å². The minimum absolute atomic E-state index is 0.104. The molecule has 2 rings (SSSR count). The number of nitrogens with one attached hydrogen (secondary N) is 1. The number of hydrogen-bond donors (Lipinski definition) is 2. The van der Waals surface area contributed by atoms with Crippen molar-refractivity contribution in [3.05, 3.63) is 54.4 Å². The predicted molar refractivity (Wildman–Crippen MR) is 71.3 cm³/mol. The molecule has 0 radical (unpaired) electrons. The Morgan fingerprint density at radius 2 is 1.78 bits per heavy atom. The van der Waals surface area contributed by atoms with Crippen LogP contribution in [0.3, 0.4) is 0 Å². The van der Waals surface area contributed by atoms with Gasteiger partial charge < -0.3 is 10.4 Å². The van der Waals surface area contributed by atoms with Crippen molar-refractivity contribution in [2.75, 3.05) is 5.32 Å². The molecule has 0 fully saturated rings. The molecule has 0 aliphatic carbocycles. The lowest BCUT2D eigenvalue weighted by Crippen LogP contribution is -2.33. The van der Waals surface area contributed by atoms with Crippen LogP contribution in [0.5, 0.6) is 0 Å². The van der Waals surface area contributed by atoms with Crippen LogP contribution in [0.4, 0.5) is 5.95 Å². The maximum absolute atomic E-state index is 10.1. The van der Waals surface area contributed by atoms with E-state index in [1.54, 1.807) is 18.5 Å². The standard InChI is InChI=1S/C14H17N3O/c1-11(17-14-15-8-5-9-16-14)13(18)10-12-6-3-2-4-7-12/h2-9,11,13,18H,10H2,1H3,(H,15,16,17). The molecule has 94 valence electrons. The zero-order valence-corrected chi connectivity index (χ0v) is 10.3. The summed E-state index contributed by atoms with van der Waals surface area (Å²) in [5.41, 5.74) is 1.12. The fourth-order valence-corrected chi connectivity index (χ4v) is 1.71. The summed E-state index contributed by atoms with van der Waals surface area (Å²) < 4.78 is 0. The van der Waals surface area contributed by atoms with Gasteiger partial charge in [-0.25, -0.2) is 9.97 Å². The van der Waals surface area contributed by atoms with Crippen LogP contribution in [0.15, 0.2) is 48.8 Å². The van der Waals surface area contributed by atoms with Gasteiger partial charge >= 0.3 is 0 Å². The molecule has 0 aliphatic heterocycles. The molecule has 2 atom stereocenters. The number of aliphatic hydroxyl groups excluding tert-OH is 1. The highest BCUT2D eigenvalue weighted by Crippen LogP contribution is 2.08. The van der Waals surface area contributed by atoms with Crippen molar-refractivity contribution in [1.29, 1.82) is 0 Å². The van der Waals surface area contributed by atoms with Crippen LogP contribution in [0.25, 0.3) is 0 Å². The molecule has 1 heterocycles. The van der Waals surface area contributed by atoms with E-state index in [1.165, 1.54) is 0 Å². The minimum atomic E-state index is -0.476. The van der Waals surface area contributed by atoms with Gasteiger partial charge in [-0.15, -0.1) is 0 Å². The second-order valence-electron chi connectivity index (χ2n) is 4.26. The zero-order chi connectivity index (χ0) is 12.8. The van der Waals surface area contributed by atoms with Crippen LogP contribution >= 0.6 is 0 Å². The van der Waals surface area contributed by atoms with E-state index in [-0.39, 0.29) is 6.04 Å². The van der Waals surface area contributed by atoms with Crippen LogP contribution in [0, 0.1) is 0 Å². The third-order valence-corrected chi connectivity index (χ3v) is 2.79. The number of rotatable bonds is 5. The van der Waals surface area contributed by atoms with E-state index in [1.807, 2.05) is 37.3 Å². The van der Waals surface area contributed by atoms with Gasteiger partial charge in [-0.1, -0.05) is 30.3 Å². The molecule has 0 saturated carbocycles. The lowest BCUT2D eigenvalue weighted by atomic mass is 10.0. The number of benzene rings is 1.